The predicted molar refractivity (Wildman–Crippen MR) is 139 cm³/mol. The van der Waals surface area contributed by atoms with Crippen molar-refractivity contribution in [3.8, 4) is 0 Å². The average molecular weight is 542 g/mol. The van der Waals surface area contributed by atoms with Crippen LogP contribution in [0.3, 0.4) is 0 Å². The summed E-state index contributed by atoms with van der Waals surface area (Å²) in [6.07, 6.45) is 5.35. The third-order valence-corrected chi connectivity index (χ3v) is 6.41. The van der Waals surface area contributed by atoms with Crippen LogP contribution in [0.5, 0.6) is 0 Å². The van der Waals surface area contributed by atoms with E-state index in [0.29, 0.717) is 12.3 Å². The van der Waals surface area contributed by atoms with E-state index in [-0.39, 0.29) is 29.9 Å². The van der Waals surface area contributed by atoms with Crippen molar-refractivity contribution in [2.24, 2.45) is 16.8 Å². The van der Waals surface area contributed by atoms with Crippen molar-refractivity contribution in [2.45, 2.75) is 39.0 Å². The maximum atomic E-state index is 12.3. The summed E-state index contributed by atoms with van der Waals surface area (Å²) >= 11 is 0. The number of halogens is 1. The maximum Gasteiger partial charge on any atom is 0.223 e. The Kier molecular flexibility index (Phi) is 11.6. The number of piperidine rings is 1. The Morgan fingerprint density at radius 2 is 1.87 bits per heavy atom. The molecule has 1 aromatic rings. The van der Waals surface area contributed by atoms with Gasteiger partial charge in [-0.05, 0) is 56.8 Å². The number of nitrogens with zero attached hydrogens (tertiary/aromatic N) is 3. The van der Waals surface area contributed by atoms with E-state index < -0.39 is 0 Å². The van der Waals surface area contributed by atoms with Crippen molar-refractivity contribution >= 4 is 35.8 Å². The first-order chi connectivity index (χ1) is 14.6. The highest BCUT2D eigenvalue weighted by Gasteiger charge is 2.29. The lowest BCUT2D eigenvalue weighted by atomic mass is 9.99. The van der Waals surface area contributed by atoms with Crippen LogP contribution in [0.25, 0.3) is 0 Å². The lowest BCUT2D eigenvalue weighted by Crippen LogP contribution is -2.41. The van der Waals surface area contributed by atoms with Crippen LogP contribution in [0.1, 0.15) is 38.2 Å². The molecule has 0 spiro atoms. The molecule has 0 saturated carbocycles. The van der Waals surface area contributed by atoms with Crippen LogP contribution in [0.2, 0.25) is 0 Å². The molecule has 0 aromatic heterocycles. The van der Waals surface area contributed by atoms with Crippen molar-refractivity contribution in [3.05, 3.63) is 35.9 Å². The molecule has 2 heterocycles. The lowest BCUT2D eigenvalue weighted by Gasteiger charge is -2.30. The minimum Gasteiger partial charge on any atom is -0.356 e. The van der Waals surface area contributed by atoms with E-state index >= 15 is 0 Å². The Morgan fingerprint density at radius 1 is 1.13 bits per heavy atom. The summed E-state index contributed by atoms with van der Waals surface area (Å²) < 4.78 is 0. The number of carbonyl (C=O) groups is 1. The van der Waals surface area contributed by atoms with Gasteiger partial charge in [0.05, 0.1) is 0 Å². The van der Waals surface area contributed by atoms with Gasteiger partial charge in [-0.3, -0.25) is 9.79 Å². The van der Waals surface area contributed by atoms with E-state index in [2.05, 4.69) is 51.7 Å². The lowest BCUT2D eigenvalue weighted by molar-refractivity contribution is -0.127. The monoisotopic (exact) mass is 541 g/mol. The summed E-state index contributed by atoms with van der Waals surface area (Å²) in [5, 5.41) is 6.84. The molecule has 0 radical (unpaired) electrons. The normalized spacial score (nSPS) is 20.6. The smallest absolute Gasteiger partial charge is 0.223 e. The topological polar surface area (TPSA) is 60.0 Å². The summed E-state index contributed by atoms with van der Waals surface area (Å²) in [6.45, 7) is 9.36. The van der Waals surface area contributed by atoms with Crippen molar-refractivity contribution in [3.63, 3.8) is 0 Å². The number of benzene rings is 1. The summed E-state index contributed by atoms with van der Waals surface area (Å²) in [6, 6.07) is 10.4. The second-order valence-electron chi connectivity index (χ2n) is 8.90. The van der Waals surface area contributed by atoms with Gasteiger partial charge in [0.15, 0.2) is 5.96 Å². The molecule has 2 aliphatic heterocycles. The highest BCUT2D eigenvalue weighted by molar-refractivity contribution is 14.0. The minimum atomic E-state index is 0. The zero-order chi connectivity index (χ0) is 21.2. The molecule has 3 rings (SSSR count). The molecule has 6 nitrogen and oxygen atoms in total. The molecule has 31 heavy (non-hydrogen) atoms. The zero-order valence-corrected chi connectivity index (χ0v) is 21.5. The van der Waals surface area contributed by atoms with Crippen molar-refractivity contribution in [1.29, 1.82) is 0 Å². The van der Waals surface area contributed by atoms with Crippen molar-refractivity contribution in [2.75, 3.05) is 52.9 Å². The maximum absolute atomic E-state index is 12.3. The summed E-state index contributed by atoms with van der Waals surface area (Å²) in [7, 11) is 1.81. The van der Waals surface area contributed by atoms with Gasteiger partial charge in [-0.2, -0.15) is 0 Å². The van der Waals surface area contributed by atoms with Gasteiger partial charge in [0.2, 0.25) is 5.91 Å². The number of rotatable bonds is 9. The fourth-order valence-corrected chi connectivity index (χ4v) is 4.37. The molecule has 1 amide bonds. The Hall–Kier alpha value is -1.35. The molecule has 2 aliphatic rings. The quantitative estimate of drug-likeness (QED) is 0.219. The largest absolute Gasteiger partial charge is 0.356 e. The fraction of sp³-hybridized carbons (Fsp3) is 0.667. The number of likely N-dealkylation sites (tertiary alicyclic amines) is 2. The van der Waals surface area contributed by atoms with E-state index in [1.165, 1.54) is 31.5 Å². The number of nitrogens with one attached hydrogen (secondary N) is 2. The highest BCUT2D eigenvalue weighted by atomic mass is 127. The molecule has 0 bridgehead atoms. The van der Waals surface area contributed by atoms with Gasteiger partial charge in [-0.1, -0.05) is 37.3 Å². The van der Waals surface area contributed by atoms with Gasteiger partial charge in [-0.25, -0.2) is 0 Å². The first-order valence-corrected chi connectivity index (χ1v) is 11.6. The molecule has 2 saturated heterocycles. The van der Waals surface area contributed by atoms with Gasteiger partial charge in [0, 0.05) is 45.6 Å². The van der Waals surface area contributed by atoms with Gasteiger partial charge in [0.25, 0.3) is 0 Å². The minimum absolute atomic E-state index is 0. The molecular weight excluding hydrogens is 501 g/mol. The predicted octanol–water partition coefficient (Wildman–Crippen LogP) is 2.98. The van der Waals surface area contributed by atoms with Crippen molar-refractivity contribution in [1.82, 2.24) is 20.4 Å². The van der Waals surface area contributed by atoms with Crippen LogP contribution in [-0.4, -0.2) is 74.5 Å². The molecule has 2 fully saturated rings. The van der Waals surface area contributed by atoms with Gasteiger partial charge in [-0.15, -0.1) is 24.0 Å². The van der Waals surface area contributed by atoms with Crippen molar-refractivity contribution < 1.29 is 4.79 Å². The number of hydrogen-bond acceptors (Lipinski definition) is 3. The van der Waals surface area contributed by atoms with E-state index in [1.807, 2.05) is 18.0 Å². The van der Waals surface area contributed by atoms with Gasteiger partial charge >= 0.3 is 0 Å². The molecule has 0 aliphatic carbocycles. The molecule has 1 aromatic carbocycles. The number of hydrogen-bond donors (Lipinski definition) is 2. The third kappa shape index (κ3) is 8.96. The van der Waals surface area contributed by atoms with E-state index in [0.717, 1.165) is 57.4 Å². The highest BCUT2D eigenvalue weighted by Crippen LogP contribution is 2.18. The first-order valence-electron chi connectivity index (χ1n) is 11.6. The Balaban J connectivity index is 0.00000341. The van der Waals surface area contributed by atoms with Crippen LogP contribution in [0, 0.1) is 11.8 Å². The van der Waals surface area contributed by atoms with E-state index in [4.69, 9.17) is 0 Å². The molecule has 7 heteroatoms. The van der Waals surface area contributed by atoms with E-state index in [1.54, 1.807) is 0 Å². The number of carbonyl (C=O) groups excluding carboxylic acids is 1. The SMILES string of the molecule is CN=C(NCCCN1CCC(C)CC1)NCC1CC(=O)N(CCc2ccccc2)C1.I. The van der Waals surface area contributed by atoms with Gasteiger partial charge in [0.1, 0.15) is 0 Å². The number of guanidine groups is 1. The van der Waals surface area contributed by atoms with E-state index in [9.17, 15) is 4.79 Å². The number of amides is 1. The summed E-state index contributed by atoms with van der Waals surface area (Å²) in [5.74, 6) is 2.36. The molecule has 1 unspecified atom stereocenters. The molecular formula is C24H40IN5O. The van der Waals surface area contributed by atoms with Crippen LogP contribution < -0.4 is 10.6 Å². The van der Waals surface area contributed by atoms with Gasteiger partial charge < -0.3 is 20.4 Å². The zero-order valence-electron chi connectivity index (χ0n) is 19.2. The van der Waals surface area contributed by atoms with Crippen LogP contribution in [0.15, 0.2) is 35.3 Å². The average Bonchev–Trinajstić information content (AvgIpc) is 3.13. The second kappa shape index (κ2) is 13.9. The Morgan fingerprint density at radius 3 is 2.58 bits per heavy atom. The molecule has 2 N–H and O–H groups in total. The fourth-order valence-electron chi connectivity index (χ4n) is 4.37. The molecule has 174 valence electrons. The Bertz CT molecular complexity index is 676. The first kappa shape index (κ1) is 25.9. The summed E-state index contributed by atoms with van der Waals surface area (Å²) in [4.78, 5) is 21.3. The van der Waals surface area contributed by atoms with Crippen LogP contribution in [0.4, 0.5) is 0 Å². The third-order valence-electron chi connectivity index (χ3n) is 6.41. The van der Waals surface area contributed by atoms with Crippen LogP contribution >= 0.6 is 24.0 Å². The Labute approximate surface area is 205 Å². The summed E-state index contributed by atoms with van der Waals surface area (Å²) in [5.41, 5.74) is 1.29. The van der Waals surface area contributed by atoms with Crippen LogP contribution in [-0.2, 0) is 11.2 Å². The molecule has 1 atom stereocenters. The number of aliphatic imine (C=N–C) groups is 1. The standard InChI is InChI=1S/C24H39N5O.HI/c1-20-9-14-28(15-10-20)13-6-12-26-24(25-2)27-18-22-17-23(30)29(19-22)16-11-21-7-4-3-5-8-21;/h3-5,7-8,20,22H,6,9-19H2,1-2H3,(H2,25,26,27);1H. The second-order valence-corrected chi connectivity index (χ2v) is 8.90.